The molecular formula is C21H18ClFN2O4. The summed E-state index contributed by atoms with van der Waals surface area (Å²) < 4.78 is 29.1. The van der Waals surface area contributed by atoms with Crippen LogP contribution >= 0.6 is 11.6 Å². The molecule has 4 rings (SSSR count). The number of carbonyl (C=O) groups excluding carboxylic acids is 1. The van der Waals surface area contributed by atoms with Crippen molar-refractivity contribution >= 4 is 23.2 Å². The van der Waals surface area contributed by atoms with Gasteiger partial charge in [-0.1, -0.05) is 11.2 Å². The van der Waals surface area contributed by atoms with Crippen LogP contribution in [0.2, 0.25) is 5.22 Å². The van der Waals surface area contributed by atoms with Crippen molar-refractivity contribution in [3.05, 3.63) is 70.3 Å². The summed E-state index contributed by atoms with van der Waals surface area (Å²) in [4.78, 5) is 14.7. The minimum absolute atomic E-state index is 0.133. The van der Waals surface area contributed by atoms with Gasteiger partial charge in [0.15, 0.2) is 11.5 Å². The molecule has 8 heteroatoms. The van der Waals surface area contributed by atoms with E-state index in [1.165, 1.54) is 12.1 Å². The van der Waals surface area contributed by atoms with Crippen molar-refractivity contribution < 1.29 is 23.2 Å². The van der Waals surface area contributed by atoms with E-state index in [-0.39, 0.29) is 30.2 Å². The average molecular weight is 417 g/mol. The van der Waals surface area contributed by atoms with E-state index in [4.69, 9.17) is 25.6 Å². The zero-order valence-corrected chi connectivity index (χ0v) is 16.4. The van der Waals surface area contributed by atoms with Crippen LogP contribution in [0.5, 0.6) is 11.5 Å². The SMILES string of the molecule is Cc1noc(Cl)c1CCC(=O)N(Cc1ccc2c(c1)OCO2)c1ccc(F)cc1. The molecular weight excluding hydrogens is 399 g/mol. The Morgan fingerprint density at radius 2 is 1.93 bits per heavy atom. The lowest BCUT2D eigenvalue weighted by Gasteiger charge is -2.23. The van der Waals surface area contributed by atoms with Crippen LogP contribution in [0.4, 0.5) is 10.1 Å². The number of ether oxygens (including phenoxy) is 2. The molecule has 0 saturated carbocycles. The Kier molecular flexibility index (Phi) is 5.40. The fourth-order valence-corrected chi connectivity index (χ4v) is 3.44. The molecule has 0 fully saturated rings. The van der Waals surface area contributed by atoms with Gasteiger partial charge in [0.1, 0.15) is 5.82 Å². The fraction of sp³-hybridized carbons (Fsp3) is 0.238. The third kappa shape index (κ3) is 4.19. The number of hydrogen-bond acceptors (Lipinski definition) is 5. The Hall–Kier alpha value is -3.06. The maximum absolute atomic E-state index is 13.4. The number of fused-ring (bicyclic) bond motifs is 1. The second-order valence-electron chi connectivity index (χ2n) is 6.66. The first-order valence-corrected chi connectivity index (χ1v) is 9.44. The molecule has 0 aliphatic carbocycles. The van der Waals surface area contributed by atoms with Crippen molar-refractivity contribution in [1.82, 2.24) is 5.16 Å². The Balaban J connectivity index is 1.56. The minimum atomic E-state index is -0.365. The van der Waals surface area contributed by atoms with Gasteiger partial charge in [0.05, 0.1) is 12.2 Å². The van der Waals surface area contributed by atoms with Gasteiger partial charge < -0.3 is 18.9 Å². The molecule has 150 valence electrons. The third-order valence-corrected chi connectivity index (χ3v) is 5.04. The maximum Gasteiger partial charge on any atom is 0.231 e. The lowest BCUT2D eigenvalue weighted by atomic mass is 10.1. The Labute approximate surface area is 171 Å². The van der Waals surface area contributed by atoms with E-state index in [0.717, 1.165) is 5.56 Å². The second-order valence-corrected chi connectivity index (χ2v) is 7.01. The number of aromatic nitrogens is 1. The van der Waals surface area contributed by atoms with E-state index in [2.05, 4.69) is 5.16 Å². The molecule has 1 amide bonds. The standard InChI is InChI=1S/C21H18ClFN2O4/c1-13-17(21(22)29-24-13)7-9-20(26)25(16-5-3-15(23)4-6-16)11-14-2-8-18-19(10-14)28-12-27-18/h2-6,8,10H,7,9,11-12H2,1H3. The number of nitrogens with zero attached hydrogens (tertiary/aromatic N) is 2. The van der Waals surface area contributed by atoms with E-state index < -0.39 is 0 Å². The van der Waals surface area contributed by atoms with Crippen LogP contribution in [0, 0.1) is 12.7 Å². The van der Waals surface area contributed by atoms with Gasteiger partial charge in [0, 0.05) is 17.7 Å². The van der Waals surface area contributed by atoms with Crippen LogP contribution in [-0.2, 0) is 17.8 Å². The van der Waals surface area contributed by atoms with Crippen molar-refractivity contribution in [3.63, 3.8) is 0 Å². The molecule has 0 N–H and O–H groups in total. The molecule has 6 nitrogen and oxygen atoms in total. The Morgan fingerprint density at radius 3 is 2.66 bits per heavy atom. The molecule has 3 aromatic rings. The summed E-state index contributed by atoms with van der Waals surface area (Å²) in [6, 6.07) is 11.3. The molecule has 1 aliphatic rings. The number of carbonyl (C=O) groups is 1. The highest BCUT2D eigenvalue weighted by Crippen LogP contribution is 2.33. The summed E-state index contributed by atoms with van der Waals surface area (Å²) in [5.41, 5.74) is 2.84. The molecule has 0 unspecified atom stereocenters. The van der Waals surface area contributed by atoms with Crippen molar-refractivity contribution in [1.29, 1.82) is 0 Å². The topological polar surface area (TPSA) is 64.8 Å². The molecule has 29 heavy (non-hydrogen) atoms. The van der Waals surface area contributed by atoms with Crippen LogP contribution in [0.25, 0.3) is 0 Å². The maximum atomic E-state index is 13.4. The molecule has 2 heterocycles. The van der Waals surface area contributed by atoms with E-state index in [1.54, 1.807) is 24.0 Å². The first-order chi connectivity index (χ1) is 14.0. The molecule has 2 aromatic carbocycles. The lowest BCUT2D eigenvalue weighted by molar-refractivity contribution is -0.118. The van der Waals surface area contributed by atoms with Gasteiger partial charge in [-0.05, 0) is 66.9 Å². The van der Waals surface area contributed by atoms with Crippen LogP contribution in [0.1, 0.15) is 23.2 Å². The molecule has 0 radical (unpaired) electrons. The molecule has 0 atom stereocenters. The summed E-state index contributed by atoms with van der Waals surface area (Å²) in [6.45, 7) is 2.26. The summed E-state index contributed by atoms with van der Waals surface area (Å²) in [5.74, 6) is 0.814. The average Bonchev–Trinajstić information content (AvgIpc) is 3.31. The smallest absolute Gasteiger partial charge is 0.231 e. The van der Waals surface area contributed by atoms with Crippen molar-refractivity contribution in [3.8, 4) is 11.5 Å². The van der Waals surface area contributed by atoms with Crippen LogP contribution in [0.3, 0.4) is 0 Å². The quantitative estimate of drug-likeness (QED) is 0.584. The summed E-state index contributed by atoms with van der Waals surface area (Å²) in [6.07, 6.45) is 0.593. The number of hydrogen-bond donors (Lipinski definition) is 0. The normalized spacial score (nSPS) is 12.2. The van der Waals surface area contributed by atoms with Gasteiger partial charge in [-0.2, -0.15) is 0 Å². The predicted octanol–water partition coefficient (Wildman–Crippen LogP) is 4.67. The van der Waals surface area contributed by atoms with Gasteiger partial charge in [0.25, 0.3) is 0 Å². The lowest BCUT2D eigenvalue weighted by Crippen LogP contribution is -2.30. The van der Waals surface area contributed by atoms with Gasteiger partial charge in [-0.3, -0.25) is 4.79 Å². The number of anilines is 1. The molecule has 1 aliphatic heterocycles. The highest BCUT2D eigenvalue weighted by Gasteiger charge is 2.21. The zero-order valence-electron chi connectivity index (χ0n) is 15.7. The second kappa shape index (κ2) is 8.13. The first kappa shape index (κ1) is 19.3. The molecule has 0 bridgehead atoms. The fourth-order valence-electron chi connectivity index (χ4n) is 3.17. The Bertz CT molecular complexity index is 1020. The van der Waals surface area contributed by atoms with Gasteiger partial charge >= 0.3 is 0 Å². The summed E-state index contributed by atoms with van der Waals surface area (Å²) in [5, 5.41) is 4.00. The largest absolute Gasteiger partial charge is 0.454 e. The number of halogens is 2. The third-order valence-electron chi connectivity index (χ3n) is 4.74. The summed E-state index contributed by atoms with van der Waals surface area (Å²) in [7, 11) is 0. The highest BCUT2D eigenvalue weighted by molar-refractivity contribution is 6.29. The van der Waals surface area contributed by atoms with Crippen molar-refractivity contribution in [2.45, 2.75) is 26.3 Å². The predicted molar refractivity (Wildman–Crippen MR) is 105 cm³/mol. The molecule has 0 saturated heterocycles. The number of rotatable bonds is 6. The van der Waals surface area contributed by atoms with Gasteiger partial charge in [-0.15, -0.1) is 0 Å². The number of aryl methyl sites for hydroxylation is 1. The molecule has 1 aromatic heterocycles. The zero-order chi connectivity index (χ0) is 20.4. The van der Waals surface area contributed by atoms with E-state index >= 15 is 0 Å². The van der Waals surface area contributed by atoms with Gasteiger partial charge in [-0.25, -0.2) is 4.39 Å². The van der Waals surface area contributed by atoms with Crippen molar-refractivity contribution in [2.24, 2.45) is 0 Å². The van der Waals surface area contributed by atoms with Crippen LogP contribution in [0.15, 0.2) is 47.0 Å². The number of amides is 1. The highest BCUT2D eigenvalue weighted by atomic mass is 35.5. The van der Waals surface area contributed by atoms with Crippen LogP contribution in [-0.4, -0.2) is 17.9 Å². The Morgan fingerprint density at radius 1 is 1.17 bits per heavy atom. The first-order valence-electron chi connectivity index (χ1n) is 9.06. The molecule has 0 spiro atoms. The van der Waals surface area contributed by atoms with Crippen molar-refractivity contribution in [2.75, 3.05) is 11.7 Å². The van der Waals surface area contributed by atoms with E-state index in [9.17, 15) is 9.18 Å². The monoisotopic (exact) mass is 416 g/mol. The van der Waals surface area contributed by atoms with Gasteiger partial charge in [0.2, 0.25) is 17.9 Å². The van der Waals surface area contributed by atoms with E-state index in [1.807, 2.05) is 18.2 Å². The van der Waals surface area contributed by atoms with E-state index in [0.29, 0.717) is 41.4 Å². The number of benzene rings is 2. The summed E-state index contributed by atoms with van der Waals surface area (Å²) >= 11 is 6.00. The minimum Gasteiger partial charge on any atom is -0.454 e. The van der Waals surface area contributed by atoms with Crippen LogP contribution < -0.4 is 14.4 Å².